The fraction of sp³-hybridized carbons (Fsp3) is 0.429. The SMILES string of the molecule is CCc1nc2cc(NC(=O)CNCCOC)ccc2o1.Cl. The average Bonchev–Trinajstić information content (AvgIpc) is 2.86. The number of aryl methyl sites for hydroxylation is 1. The Kier molecular flexibility index (Phi) is 7.14. The van der Waals surface area contributed by atoms with Crippen molar-refractivity contribution in [3.8, 4) is 0 Å². The first-order valence-electron chi connectivity index (χ1n) is 6.62. The molecule has 2 rings (SSSR count). The number of anilines is 1. The second kappa shape index (κ2) is 8.61. The summed E-state index contributed by atoms with van der Waals surface area (Å²) in [7, 11) is 1.62. The number of methoxy groups -OCH3 is 1. The zero-order valence-electron chi connectivity index (χ0n) is 12.1. The molecule has 1 aromatic carbocycles. The van der Waals surface area contributed by atoms with Crippen LogP contribution in [-0.4, -0.2) is 37.7 Å². The molecule has 1 amide bonds. The lowest BCUT2D eigenvalue weighted by molar-refractivity contribution is -0.115. The van der Waals surface area contributed by atoms with Gasteiger partial charge >= 0.3 is 0 Å². The van der Waals surface area contributed by atoms with Gasteiger partial charge < -0.3 is 19.8 Å². The molecule has 0 aliphatic rings. The van der Waals surface area contributed by atoms with Gasteiger partial charge in [0.1, 0.15) is 5.52 Å². The molecule has 0 radical (unpaired) electrons. The molecule has 0 fully saturated rings. The van der Waals surface area contributed by atoms with Crippen molar-refractivity contribution in [3.63, 3.8) is 0 Å². The molecule has 0 aliphatic heterocycles. The molecule has 116 valence electrons. The molecule has 21 heavy (non-hydrogen) atoms. The van der Waals surface area contributed by atoms with Crippen LogP contribution >= 0.6 is 12.4 Å². The van der Waals surface area contributed by atoms with Crippen LogP contribution in [0.3, 0.4) is 0 Å². The van der Waals surface area contributed by atoms with Gasteiger partial charge in [0.25, 0.3) is 0 Å². The smallest absolute Gasteiger partial charge is 0.238 e. The van der Waals surface area contributed by atoms with E-state index in [2.05, 4.69) is 15.6 Å². The molecular formula is C14H20ClN3O3. The maximum Gasteiger partial charge on any atom is 0.238 e. The van der Waals surface area contributed by atoms with Crippen LogP contribution in [0.25, 0.3) is 11.1 Å². The van der Waals surface area contributed by atoms with Crippen LogP contribution in [0.2, 0.25) is 0 Å². The normalized spacial score (nSPS) is 10.4. The number of nitrogens with zero attached hydrogens (tertiary/aromatic N) is 1. The third-order valence-corrected chi connectivity index (χ3v) is 2.79. The monoisotopic (exact) mass is 313 g/mol. The summed E-state index contributed by atoms with van der Waals surface area (Å²) in [6, 6.07) is 5.43. The molecule has 0 saturated heterocycles. The summed E-state index contributed by atoms with van der Waals surface area (Å²) < 4.78 is 10.4. The Balaban J connectivity index is 0.00000220. The third kappa shape index (κ3) is 5.00. The third-order valence-electron chi connectivity index (χ3n) is 2.79. The van der Waals surface area contributed by atoms with Gasteiger partial charge in [-0.15, -0.1) is 12.4 Å². The van der Waals surface area contributed by atoms with Crippen LogP contribution in [0.1, 0.15) is 12.8 Å². The van der Waals surface area contributed by atoms with E-state index in [1.54, 1.807) is 13.2 Å². The van der Waals surface area contributed by atoms with E-state index in [0.717, 1.165) is 17.5 Å². The van der Waals surface area contributed by atoms with Gasteiger partial charge in [-0.25, -0.2) is 4.98 Å². The van der Waals surface area contributed by atoms with Crippen molar-refractivity contribution in [1.29, 1.82) is 0 Å². The van der Waals surface area contributed by atoms with Crippen LogP contribution < -0.4 is 10.6 Å². The highest BCUT2D eigenvalue weighted by molar-refractivity contribution is 5.94. The first-order valence-corrected chi connectivity index (χ1v) is 6.62. The average molecular weight is 314 g/mol. The molecule has 6 nitrogen and oxygen atoms in total. The molecule has 2 aromatic rings. The predicted octanol–water partition coefficient (Wildman–Crippen LogP) is 1.99. The number of aromatic nitrogens is 1. The van der Waals surface area contributed by atoms with Crippen molar-refractivity contribution in [3.05, 3.63) is 24.1 Å². The van der Waals surface area contributed by atoms with Crippen molar-refractivity contribution in [2.75, 3.05) is 32.1 Å². The minimum absolute atomic E-state index is 0. The van der Waals surface area contributed by atoms with Crippen molar-refractivity contribution < 1.29 is 13.9 Å². The van der Waals surface area contributed by atoms with Gasteiger partial charge in [0.05, 0.1) is 13.2 Å². The fourth-order valence-electron chi connectivity index (χ4n) is 1.79. The number of carbonyl (C=O) groups excluding carboxylic acids is 1. The number of hydrogen-bond donors (Lipinski definition) is 2. The molecule has 2 N–H and O–H groups in total. The molecule has 0 atom stereocenters. The highest BCUT2D eigenvalue weighted by atomic mass is 35.5. The van der Waals surface area contributed by atoms with Crippen LogP contribution in [0.5, 0.6) is 0 Å². The molecule has 0 bridgehead atoms. The van der Waals surface area contributed by atoms with Crippen LogP contribution in [0.4, 0.5) is 5.69 Å². The highest BCUT2D eigenvalue weighted by Gasteiger charge is 2.07. The number of amides is 1. The van der Waals surface area contributed by atoms with E-state index in [0.29, 0.717) is 24.7 Å². The number of nitrogens with one attached hydrogen (secondary N) is 2. The zero-order valence-corrected chi connectivity index (χ0v) is 13.0. The topological polar surface area (TPSA) is 76.4 Å². The van der Waals surface area contributed by atoms with Gasteiger partial charge in [0.15, 0.2) is 11.5 Å². The Morgan fingerprint density at radius 2 is 2.24 bits per heavy atom. The van der Waals surface area contributed by atoms with E-state index >= 15 is 0 Å². The summed E-state index contributed by atoms with van der Waals surface area (Å²) in [6.45, 7) is 3.46. The maximum atomic E-state index is 11.7. The first-order chi connectivity index (χ1) is 9.72. The lowest BCUT2D eigenvalue weighted by Crippen LogP contribution is -2.30. The van der Waals surface area contributed by atoms with Gasteiger partial charge in [-0.05, 0) is 18.2 Å². The summed E-state index contributed by atoms with van der Waals surface area (Å²) in [5, 5.41) is 5.80. The zero-order chi connectivity index (χ0) is 14.4. The molecule has 1 aromatic heterocycles. The van der Waals surface area contributed by atoms with E-state index in [1.165, 1.54) is 0 Å². The number of rotatable bonds is 7. The van der Waals surface area contributed by atoms with Gasteiger partial charge in [0, 0.05) is 25.8 Å². The van der Waals surface area contributed by atoms with E-state index in [-0.39, 0.29) is 24.9 Å². The van der Waals surface area contributed by atoms with Crippen molar-refractivity contribution >= 4 is 35.1 Å². The van der Waals surface area contributed by atoms with Crippen LogP contribution in [0, 0.1) is 0 Å². The highest BCUT2D eigenvalue weighted by Crippen LogP contribution is 2.20. The number of carbonyl (C=O) groups is 1. The summed E-state index contributed by atoms with van der Waals surface area (Å²) in [6.07, 6.45) is 0.750. The van der Waals surface area contributed by atoms with E-state index in [9.17, 15) is 4.79 Å². The molecule has 1 heterocycles. The second-order valence-electron chi connectivity index (χ2n) is 4.36. The van der Waals surface area contributed by atoms with Gasteiger partial charge in [-0.1, -0.05) is 6.92 Å². The Labute approximate surface area is 129 Å². The Bertz CT molecular complexity index is 586. The first kappa shape index (κ1) is 17.4. The maximum absolute atomic E-state index is 11.7. The lowest BCUT2D eigenvalue weighted by atomic mass is 10.3. The molecule has 0 spiro atoms. The summed E-state index contributed by atoms with van der Waals surface area (Å²) in [5.41, 5.74) is 2.21. The number of hydrogen-bond acceptors (Lipinski definition) is 5. The standard InChI is InChI=1S/C14H19N3O3.ClH/c1-3-14-17-11-8-10(4-5-12(11)20-14)16-13(18)9-15-6-7-19-2;/h4-5,8,15H,3,6-7,9H2,1-2H3,(H,16,18);1H. The number of benzene rings is 1. The number of ether oxygens (including phenoxy) is 1. The van der Waals surface area contributed by atoms with Crippen molar-refractivity contribution in [2.45, 2.75) is 13.3 Å². The van der Waals surface area contributed by atoms with E-state index < -0.39 is 0 Å². The van der Waals surface area contributed by atoms with Crippen LogP contribution in [-0.2, 0) is 16.0 Å². The van der Waals surface area contributed by atoms with Gasteiger partial charge in [-0.3, -0.25) is 4.79 Å². The Hall–Kier alpha value is -1.63. The number of fused-ring (bicyclic) bond motifs is 1. The van der Waals surface area contributed by atoms with Crippen LogP contribution in [0.15, 0.2) is 22.6 Å². The minimum atomic E-state index is -0.0975. The molecule has 0 saturated carbocycles. The molecular weight excluding hydrogens is 294 g/mol. The number of halogens is 1. The lowest BCUT2D eigenvalue weighted by Gasteiger charge is -2.06. The largest absolute Gasteiger partial charge is 0.441 e. The summed E-state index contributed by atoms with van der Waals surface area (Å²) in [4.78, 5) is 16.1. The fourth-order valence-corrected chi connectivity index (χ4v) is 1.79. The molecule has 7 heteroatoms. The van der Waals surface area contributed by atoms with E-state index in [1.807, 2.05) is 19.1 Å². The van der Waals surface area contributed by atoms with Crippen molar-refractivity contribution in [2.24, 2.45) is 0 Å². The Morgan fingerprint density at radius 3 is 2.95 bits per heavy atom. The van der Waals surface area contributed by atoms with Gasteiger partial charge in [0.2, 0.25) is 5.91 Å². The number of oxazole rings is 1. The minimum Gasteiger partial charge on any atom is -0.441 e. The molecule has 0 unspecified atom stereocenters. The van der Waals surface area contributed by atoms with Gasteiger partial charge in [-0.2, -0.15) is 0 Å². The summed E-state index contributed by atoms with van der Waals surface area (Å²) in [5.74, 6) is 0.601. The Morgan fingerprint density at radius 1 is 1.43 bits per heavy atom. The van der Waals surface area contributed by atoms with E-state index in [4.69, 9.17) is 9.15 Å². The molecule has 0 aliphatic carbocycles. The predicted molar refractivity (Wildman–Crippen MR) is 84.0 cm³/mol. The van der Waals surface area contributed by atoms with Crippen molar-refractivity contribution in [1.82, 2.24) is 10.3 Å². The summed E-state index contributed by atoms with van der Waals surface area (Å²) >= 11 is 0. The quantitative estimate of drug-likeness (QED) is 0.764. The second-order valence-corrected chi connectivity index (χ2v) is 4.36.